The molecule has 0 aliphatic heterocycles. The Morgan fingerprint density at radius 1 is 1.32 bits per heavy atom. The average molecular weight is 285 g/mol. The van der Waals surface area contributed by atoms with Crippen molar-refractivity contribution in [2.75, 3.05) is 12.8 Å². The zero-order valence-corrected chi connectivity index (χ0v) is 12.7. The van der Waals surface area contributed by atoms with Gasteiger partial charge in [-0.05, 0) is 0 Å². The van der Waals surface area contributed by atoms with Crippen LogP contribution in [0.3, 0.4) is 0 Å². The van der Waals surface area contributed by atoms with Crippen LogP contribution in [0.2, 0.25) is 0 Å². The van der Waals surface area contributed by atoms with E-state index in [1.807, 2.05) is 27.7 Å². The number of amides is 1. The number of carbonyl (C=O) groups is 1. The first kappa shape index (κ1) is 17.3. The van der Waals surface area contributed by atoms with Crippen molar-refractivity contribution in [3.8, 4) is 0 Å². The fourth-order valence-corrected chi connectivity index (χ4v) is 2.37. The number of hydrogen-bond donors (Lipinski definition) is 2. The number of rotatable bonds is 1. The second-order valence-corrected chi connectivity index (χ2v) is 3.97. The number of fused-ring (bicyclic) bond motifs is 1. The van der Waals surface area contributed by atoms with Crippen LogP contribution in [0.25, 0.3) is 10.1 Å². The van der Waals surface area contributed by atoms with Gasteiger partial charge in [-0.2, -0.15) is 0 Å². The van der Waals surface area contributed by atoms with Crippen molar-refractivity contribution in [2.24, 2.45) is 0 Å². The normalized spacial score (nSPS) is 8.95. The van der Waals surface area contributed by atoms with Crippen LogP contribution in [-0.2, 0) is 0 Å². The molecule has 0 radical (unpaired) electrons. The van der Waals surface area contributed by atoms with E-state index in [-0.39, 0.29) is 17.0 Å². The van der Waals surface area contributed by atoms with Gasteiger partial charge in [0.05, 0.1) is 22.0 Å². The monoisotopic (exact) mass is 285 g/mol. The Labute approximate surface area is 116 Å². The van der Waals surface area contributed by atoms with E-state index in [2.05, 4.69) is 10.3 Å². The number of nitrogen functional groups attached to an aromatic ring is 1. The second-order valence-electron chi connectivity index (χ2n) is 2.92. The highest BCUT2D eigenvalue weighted by Gasteiger charge is 2.17. The van der Waals surface area contributed by atoms with Gasteiger partial charge in [0.1, 0.15) is 4.88 Å². The van der Waals surface area contributed by atoms with E-state index in [1.54, 1.807) is 0 Å². The summed E-state index contributed by atoms with van der Waals surface area (Å²) in [6.07, 6.45) is 2.57. The molecule has 0 fully saturated rings. The first-order valence-corrected chi connectivity index (χ1v) is 7.00. The quantitative estimate of drug-likeness (QED) is 0.843. The Balaban J connectivity index is 0.000000741. The lowest BCUT2D eigenvalue weighted by Gasteiger charge is -1.96. The van der Waals surface area contributed by atoms with Crippen LogP contribution in [0.1, 0.15) is 37.4 Å². The molecule has 0 aliphatic carbocycles. The standard InChI is InChI=1S/C9H8FN3OS.2C2H6/c1-12-9(14)8-7(11)6-4(10)2-13-3-5(6)15-8;2*1-2/h2-3H,11H2,1H3,(H,12,14);2*1-2H3. The maximum Gasteiger partial charge on any atom is 0.263 e. The van der Waals surface area contributed by atoms with Crippen molar-refractivity contribution >= 4 is 33.0 Å². The van der Waals surface area contributed by atoms with Crippen molar-refractivity contribution in [3.63, 3.8) is 0 Å². The highest BCUT2D eigenvalue weighted by Crippen LogP contribution is 2.34. The van der Waals surface area contributed by atoms with Gasteiger partial charge in [-0.3, -0.25) is 9.78 Å². The molecular weight excluding hydrogens is 265 g/mol. The summed E-state index contributed by atoms with van der Waals surface area (Å²) in [4.78, 5) is 15.4. The predicted octanol–water partition coefficient (Wildman–Crippen LogP) is 3.43. The molecule has 2 rings (SSSR count). The number of pyridine rings is 1. The molecule has 0 unspecified atom stereocenters. The lowest BCUT2D eigenvalue weighted by Crippen LogP contribution is -2.17. The maximum atomic E-state index is 13.4. The Hall–Kier alpha value is -1.69. The molecule has 0 saturated heterocycles. The number of thiophene rings is 1. The molecule has 0 saturated carbocycles. The minimum atomic E-state index is -0.503. The smallest absolute Gasteiger partial charge is 0.263 e. The molecule has 2 aromatic rings. The van der Waals surface area contributed by atoms with E-state index in [1.165, 1.54) is 13.2 Å². The van der Waals surface area contributed by atoms with Crippen molar-refractivity contribution < 1.29 is 9.18 Å². The molecule has 0 atom stereocenters. The molecule has 6 heteroatoms. The van der Waals surface area contributed by atoms with Crippen LogP contribution in [0.15, 0.2) is 12.4 Å². The molecule has 19 heavy (non-hydrogen) atoms. The highest BCUT2D eigenvalue weighted by molar-refractivity contribution is 7.21. The number of hydrogen-bond acceptors (Lipinski definition) is 4. The van der Waals surface area contributed by atoms with Crippen LogP contribution in [0, 0.1) is 5.82 Å². The molecule has 2 aromatic heterocycles. The number of nitrogens with zero attached hydrogens (tertiary/aromatic N) is 1. The number of anilines is 1. The Morgan fingerprint density at radius 3 is 2.37 bits per heavy atom. The Bertz CT molecular complexity index is 540. The molecule has 0 bridgehead atoms. The van der Waals surface area contributed by atoms with Crippen molar-refractivity contribution in [2.45, 2.75) is 27.7 Å². The van der Waals surface area contributed by atoms with Crippen LogP contribution < -0.4 is 11.1 Å². The average Bonchev–Trinajstić information content (AvgIpc) is 2.81. The molecule has 4 nitrogen and oxygen atoms in total. The first-order chi connectivity index (χ1) is 9.15. The fourth-order valence-electron chi connectivity index (χ4n) is 1.32. The molecular formula is C13H20FN3OS. The number of halogens is 1. The lowest BCUT2D eigenvalue weighted by atomic mass is 10.2. The highest BCUT2D eigenvalue weighted by atomic mass is 32.1. The van der Waals surface area contributed by atoms with E-state index >= 15 is 0 Å². The van der Waals surface area contributed by atoms with Gasteiger partial charge >= 0.3 is 0 Å². The van der Waals surface area contributed by atoms with Gasteiger partial charge in [0.2, 0.25) is 0 Å². The SMILES string of the molecule is CC.CC.CNC(=O)c1sc2cncc(F)c2c1N. The molecule has 3 N–H and O–H groups in total. The van der Waals surface area contributed by atoms with E-state index in [0.717, 1.165) is 17.5 Å². The summed E-state index contributed by atoms with van der Waals surface area (Å²) in [7, 11) is 1.50. The van der Waals surface area contributed by atoms with E-state index in [9.17, 15) is 9.18 Å². The summed E-state index contributed by atoms with van der Waals surface area (Å²) in [6.45, 7) is 8.00. The molecule has 2 heterocycles. The van der Waals surface area contributed by atoms with Crippen LogP contribution >= 0.6 is 11.3 Å². The van der Waals surface area contributed by atoms with Crippen molar-refractivity contribution in [3.05, 3.63) is 23.1 Å². The summed E-state index contributed by atoms with van der Waals surface area (Å²) in [5, 5.41) is 2.72. The summed E-state index contributed by atoms with van der Waals surface area (Å²) in [5.74, 6) is -0.815. The summed E-state index contributed by atoms with van der Waals surface area (Å²) < 4.78 is 13.9. The summed E-state index contributed by atoms with van der Waals surface area (Å²) in [5.41, 5.74) is 5.87. The van der Waals surface area contributed by atoms with Crippen LogP contribution in [0.5, 0.6) is 0 Å². The van der Waals surface area contributed by atoms with Gasteiger partial charge in [0.25, 0.3) is 5.91 Å². The summed E-state index contributed by atoms with van der Waals surface area (Å²) >= 11 is 1.13. The number of nitrogens with one attached hydrogen (secondary N) is 1. The lowest BCUT2D eigenvalue weighted by molar-refractivity contribution is 0.0968. The third kappa shape index (κ3) is 3.64. The molecule has 1 amide bonds. The predicted molar refractivity (Wildman–Crippen MR) is 80.1 cm³/mol. The second kappa shape index (κ2) is 8.42. The topological polar surface area (TPSA) is 68.0 Å². The molecule has 0 aliphatic rings. The molecule has 0 spiro atoms. The van der Waals surface area contributed by atoms with E-state index < -0.39 is 5.82 Å². The van der Waals surface area contributed by atoms with Crippen LogP contribution in [0.4, 0.5) is 10.1 Å². The molecule has 106 valence electrons. The zero-order valence-electron chi connectivity index (χ0n) is 11.9. The minimum absolute atomic E-state index is 0.175. The van der Waals surface area contributed by atoms with Gasteiger partial charge < -0.3 is 11.1 Å². The fraction of sp³-hybridized carbons (Fsp3) is 0.385. The van der Waals surface area contributed by atoms with E-state index in [4.69, 9.17) is 5.73 Å². The van der Waals surface area contributed by atoms with Gasteiger partial charge in [0, 0.05) is 13.2 Å². The Morgan fingerprint density at radius 2 is 1.89 bits per heavy atom. The third-order valence-corrected chi connectivity index (χ3v) is 3.16. The largest absolute Gasteiger partial charge is 0.397 e. The Kier molecular flexibility index (Phi) is 7.67. The van der Waals surface area contributed by atoms with Gasteiger partial charge in [-0.1, -0.05) is 27.7 Å². The van der Waals surface area contributed by atoms with Gasteiger partial charge in [0.15, 0.2) is 5.82 Å². The molecule has 0 aromatic carbocycles. The zero-order chi connectivity index (χ0) is 15.0. The summed E-state index contributed by atoms with van der Waals surface area (Å²) in [6, 6.07) is 0. The number of nitrogens with two attached hydrogens (primary N) is 1. The third-order valence-electron chi connectivity index (χ3n) is 2.02. The maximum absolute atomic E-state index is 13.4. The van der Waals surface area contributed by atoms with E-state index in [0.29, 0.717) is 9.58 Å². The van der Waals surface area contributed by atoms with Crippen LogP contribution in [-0.4, -0.2) is 17.9 Å². The minimum Gasteiger partial charge on any atom is -0.397 e. The van der Waals surface area contributed by atoms with Crippen molar-refractivity contribution in [1.29, 1.82) is 0 Å². The van der Waals surface area contributed by atoms with Crippen molar-refractivity contribution in [1.82, 2.24) is 10.3 Å². The van der Waals surface area contributed by atoms with Gasteiger partial charge in [-0.15, -0.1) is 11.3 Å². The number of aromatic nitrogens is 1. The first-order valence-electron chi connectivity index (χ1n) is 6.18. The van der Waals surface area contributed by atoms with Gasteiger partial charge in [-0.25, -0.2) is 4.39 Å². The number of carbonyl (C=O) groups excluding carboxylic acids is 1.